The van der Waals surface area contributed by atoms with Gasteiger partial charge in [-0.05, 0) is 63.9 Å². The Labute approximate surface area is 422 Å². The van der Waals surface area contributed by atoms with E-state index in [1.807, 2.05) is 146 Å². The molecule has 8 aromatic carbocycles. The summed E-state index contributed by atoms with van der Waals surface area (Å²) in [5, 5.41) is 0. The SMILES string of the molecule is C=CCCCO[C@@H]1O[C@H](COC(c2ccccc2)(c2ccccc2)c2ccccc2)[C@@H](OC(c2ccccc2)(c2ccccc2)c2ccccc2)[C@H](OCc2ccccc2)[C@H]1N1C(=O)c2ccccc2C1=O. The van der Waals surface area contributed by atoms with Gasteiger partial charge in [0, 0.05) is 0 Å². The van der Waals surface area contributed by atoms with Gasteiger partial charge in [-0.15, -0.1) is 6.58 Å². The number of hydrogen-bond donors (Lipinski definition) is 0. The number of rotatable bonds is 20. The van der Waals surface area contributed by atoms with Gasteiger partial charge >= 0.3 is 0 Å². The zero-order valence-electron chi connectivity index (χ0n) is 40.0. The highest BCUT2D eigenvalue weighted by molar-refractivity contribution is 6.21. The number of ether oxygens (including phenoxy) is 5. The van der Waals surface area contributed by atoms with Crippen LogP contribution in [0.25, 0.3) is 0 Å². The minimum absolute atomic E-state index is 0.0651. The molecule has 2 aliphatic heterocycles. The first kappa shape index (κ1) is 48.1. The second-order valence-electron chi connectivity index (χ2n) is 18.1. The summed E-state index contributed by atoms with van der Waals surface area (Å²) >= 11 is 0. The van der Waals surface area contributed by atoms with Crippen LogP contribution >= 0.6 is 0 Å². The fraction of sp³-hybridized carbons (Fsp3) is 0.188. The summed E-state index contributed by atoms with van der Waals surface area (Å²) in [6.45, 7) is 4.23. The van der Waals surface area contributed by atoms with Gasteiger partial charge in [-0.2, -0.15) is 0 Å². The normalized spacial score (nSPS) is 18.9. The summed E-state index contributed by atoms with van der Waals surface area (Å²) in [4.78, 5) is 31.2. The Morgan fingerprint density at radius 1 is 0.486 bits per heavy atom. The van der Waals surface area contributed by atoms with Gasteiger partial charge in [0.05, 0.1) is 30.9 Å². The molecule has 0 bridgehead atoms. The molecular weight excluding hydrogens is 895 g/mol. The van der Waals surface area contributed by atoms with Crippen molar-refractivity contribution in [3.63, 3.8) is 0 Å². The van der Waals surface area contributed by atoms with Crippen LogP contribution in [0.4, 0.5) is 0 Å². The van der Waals surface area contributed by atoms with Crippen LogP contribution in [0, 0.1) is 0 Å². The number of carbonyl (C=O) groups is 2. The van der Waals surface area contributed by atoms with E-state index in [1.165, 1.54) is 4.90 Å². The third kappa shape index (κ3) is 9.51. The van der Waals surface area contributed by atoms with E-state index >= 15 is 0 Å². The largest absolute Gasteiger partial charge is 0.368 e. The Bertz CT molecular complexity index is 2790. The van der Waals surface area contributed by atoms with E-state index in [4.69, 9.17) is 23.7 Å². The summed E-state index contributed by atoms with van der Waals surface area (Å²) in [7, 11) is 0. The third-order valence-corrected chi connectivity index (χ3v) is 13.7. The predicted octanol–water partition coefficient (Wildman–Crippen LogP) is 12.3. The van der Waals surface area contributed by atoms with E-state index in [1.54, 1.807) is 24.3 Å². The van der Waals surface area contributed by atoms with Gasteiger partial charge in [0.25, 0.3) is 11.8 Å². The van der Waals surface area contributed by atoms with Crippen molar-refractivity contribution < 1.29 is 33.3 Å². The monoisotopic (exact) mass is 951 g/mol. The predicted molar refractivity (Wildman–Crippen MR) is 279 cm³/mol. The van der Waals surface area contributed by atoms with Gasteiger partial charge < -0.3 is 23.7 Å². The molecule has 2 heterocycles. The third-order valence-electron chi connectivity index (χ3n) is 13.7. The van der Waals surface area contributed by atoms with E-state index in [0.29, 0.717) is 24.0 Å². The van der Waals surface area contributed by atoms with Crippen LogP contribution in [0.1, 0.15) is 72.5 Å². The molecule has 8 heteroatoms. The quantitative estimate of drug-likeness (QED) is 0.0326. The number of amides is 2. The molecule has 72 heavy (non-hydrogen) atoms. The van der Waals surface area contributed by atoms with Crippen molar-refractivity contribution in [1.82, 2.24) is 4.90 Å². The zero-order chi connectivity index (χ0) is 49.2. The van der Waals surface area contributed by atoms with Crippen LogP contribution in [0.5, 0.6) is 0 Å². The fourth-order valence-electron chi connectivity index (χ4n) is 10.3. The maximum Gasteiger partial charge on any atom is 0.262 e. The van der Waals surface area contributed by atoms with Crippen LogP contribution in [0.15, 0.2) is 249 Å². The van der Waals surface area contributed by atoms with Crippen molar-refractivity contribution in [2.75, 3.05) is 13.2 Å². The van der Waals surface area contributed by atoms with Crippen LogP contribution in [0.2, 0.25) is 0 Å². The maximum atomic E-state index is 15.0. The number of carbonyl (C=O) groups excluding carboxylic acids is 2. The molecule has 0 unspecified atom stereocenters. The van der Waals surface area contributed by atoms with Crippen molar-refractivity contribution in [2.45, 2.75) is 61.3 Å². The van der Waals surface area contributed by atoms with E-state index < -0.39 is 53.7 Å². The summed E-state index contributed by atoms with van der Waals surface area (Å²) in [6, 6.07) is 76.6. The molecule has 0 saturated carbocycles. The molecule has 2 aliphatic rings. The van der Waals surface area contributed by atoms with E-state index in [-0.39, 0.29) is 19.8 Å². The lowest BCUT2D eigenvalue weighted by Crippen LogP contribution is -2.68. The topological polar surface area (TPSA) is 83.5 Å². The lowest BCUT2D eigenvalue weighted by atomic mass is 9.79. The number of fused-ring (bicyclic) bond motifs is 1. The van der Waals surface area contributed by atoms with E-state index in [9.17, 15) is 9.59 Å². The van der Waals surface area contributed by atoms with Gasteiger partial charge in [0.2, 0.25) is 0 Å². The average Bonchev–Trinajstić information content (AvgIpc) is 3.70. The molecular formula is C64H57NO7. The van der Waals surface area contributed by atoms with Crippen LogP contribution in [-0.4, -0.2) is 60.6 Å². The summed E-state index contributed by atoms with van der Waals surface area (Å²) < 4.78 is 37.4. The summed E-state index contributed by atoms with van der Waals surface area (Å²) in [6.07, 6.45) is -1.17. The molecule has 1 fully saturated rings. The van der Waals surface area contributed by atoms with Gasteiger partial charge in [-0.25, -0.2) is 0 Å². The Morgan fingerprint density at radius 2 is 0.875 bits per heavy atom. The molecule has 0 aliphatic carbocycles. The highest BCUT2D eigenvalue weighted by Crippen LogP contribution is 2.47. The number of benzene rings is 8. The molecule has 10 rings (SSSR count). The molecule has 8 aromatic rings. The number of unbranched alkanes of at least 4 members (excludes halogenated alkanes) is 1. The van der Waals surface area contributed by atoms with Crippen molar-refractivity contribution >= 4 is 11.8 Å². The van der Waals surface area contributed by atoms with Crippen molar-refractivity contribution in [3.05, 3.63) is 299 Å². The van der Waals surface area contributed by atoms with Crippen molar-refractivity contribution in [2.24, 2.45) is 0 Å². The Balaban J connectivity index is 1.21. The van der Waals surface area contributed by atoms with Crippen LogP contribution < -0.4 is 0 Å². The molecule has 360 valence electrons. The molecule has 5 atom stereocenters. The number of hydrogen-bond acceptors (Lipinski definition) is 7. The Morgan fingerprint density at radius 3 is 1.29 bits per heavy atom. The van der Waals surface area contributed by atoms with E-state index in [0.717, 1.165) is 38.9 Å². The van der Waals surface area contributed by atoms with Gasteiger partial charge in [0.1, 0.15) is 35.6 Å². The summed E-state index contributed by atoms with van der Waals surface area (Å²) in [5.74, 6) is -0.940. The summed E-state index contributed by atoms with van der Waals surface area (Å²) in [5.41, 5.74) is 4.24. The number of imide groups is 1. The van der Waals surface area contributed by atoms with E-state index in [2.05, 4.69) is 79.4 Å². The minimum atomic E-state index is -1.32. The van der Waals surface area contributed by atoms with Gasteiger partial charge in [0.15, 0.2) is 6.29 Å². The molecule has 0 radical (unpaired) electrons. The number of nitrogens with zero attached hydrogens (tertiary/aromatic N) is 1. The maximum absolute atomic E-state index is 15.0. The molecule has 0 N–H and O–H groups in total. The lowest BCUT2D eigenvalue weighted by molar-refractivity contribution is -0.309. The molecule has 0 aromatic heterocycles. The molecule has 0 spiro atoms. The van der Waals surface area contributed by atoms with Crippen molar-refractivity contribution in [1.29, 1.82) is 0 Å². The molecule has 8 nitrogen and oxygen atoms in total. The number of allylic oxidation sites excluding steroid dienone is 1. The lowest BCUT2D eigenvalue weighted by Gasteiger charge is -2.51. The Kier molecular flexibility index (Phi) is 14.9. The van der Waals surface area contributed by atoms with Crippen LogP contribution in [-0.2, 0) is 41.5 Å². The first-order valence-corrected chi connectivity index (χ1v) is 24.7. The standard InChI is InChI=1S/C64H57NO7/c1-2-3-27-44-68-62-57(65-60(66)54-42-25-26-43-55(54)61(65)67)59(69-45-47-28-11-4-12-29-47)58(72-64(51-36-19-8-20-37-51,52-38-21-9-22-39-52)53-40-23-10-24-41-53)56(71-62)46-70-63(48-30-13-5-14-31-48,49-32-15-6-16-33-49)50-34-17-7-18-35-50/h2,4-26,28-43,56-59,62H,1,3,27,44-46H2/t56-,57-,58-,59-,62-/m1/s1. The van der Waals surface area contributed by atoms with Gasteiger partial charge in [-0.1, -0.05) is 231 Å². The highest BCUT2D eigenvalue weighted by Gasteiger charge is 2.58. The smallest absolute Gasteiger partial charge is 0.262 e. The first-order chi connectivity index (χ1) is 35.5. The van der Waals surface area contributed by atoms with Crippen LogP contribution in [0.3, 0.4) is 0 Å². The van der Waals surface area contributed by atoms with Gasteiger partial charge in [-0.3, -0.25) is 14.5 Å². The minimum Gasteiger partial charge on any atom is -0.368 e. The first-order valence-electron chi connectivity index (χ1n) is 24.7. The highest BCUT2D eigenvalue weighted by atomic mass is 16.7. The fourth-order valence-corrected chi connectivity index (χ4v) is 10.3. The average molecular weight is 952 g/mol. The zero-order valence-corrected chi connectivity index (χ0v) is 40.0. The molecule has 2 amide bonds. The Hall–Kier alpha value is -7.56. The second kappa shape index (κ2) is 22.2. The van der Waals surface area contributed by atoms with Crippen molar-refractivity contribution in [3.8, 4) is 0 Å². The molecule has 1 saturated heterocycles. The second-order valence-corrected chi connectivity index (χ2v) is 18.1.